The number of benzene rings is 1. The molecule has 0 saturated carbocycles. The molecule has 0 saturated heterocycles. The number of esters is 1. The van der Waals surface area contributed by atoms with Crippen molar-refractivity contribution in [3.8, 4) is 0 Å². The summed E-state index contributed by atoms with van der Waals surface area (Å²) in [6, 6.07) is 0. The van der Waals surface area contributed by atoms with Crippen LogP contribution in [-0.4, -0.2) is 24.8 Å². The molecule has 0 atom stereocenters. The first-order valence-electron chi connectivity index (χ1n) is 6.44. The summed E-state index contributed by atoms with van der Waals surface area (Å²) in [5.74, 6) is -7.02. The largest absolute Gasteiger partial charge is 0.461 e. The first-order valence-corrected chi connectivity index (χ1v) is 6.44. The Morgan fingerprint density at radius 3 is 1.64 bits per heavy atom. The minimum atomic E-state index is -1.59. The van der Waals surface area contributed by atoms with Crippen LogP contribution in [0.15, 0.2) is 0 Å². The molecule has 22 heavy (non-hydrogen) atoms. The Labute approximate surface area is 125 Å². The molecule has 0 aliphatic carbocycles. The van der Waals surface area contributed by atoms with Crippen LogP contribution in [0.3, 0.4) is 0 Å². The standard InChI is InChI=1S/C12H12F4O3.C2H6O/c1-3-8(17)19-5-7-11(15)9(13)6(4-18-2)10(14)12(7)16;1-2-3/h3-5H2,1-2H3;3H,2H2,1H3. The van der Waals surface area contributed by atoms with Crippen molar-refractivity contribution in [1.29, 1.82) is 0 Å². The molecule has 8 heteroatoms. The van der Waals surface area contributed by atoms with Gasteiger partial charge < -0.3 is 14.6 Å². The second-order valence-corrected chi connectivity index (χ2v) is 3.98. The van der Waals surface area contributed by atoms with Crippen molar-refractivity contribution in [3.63, 3.8) is 0 Å². The summed E-state index contributed by atoms with van der Waals surface area (Å²) in [4.78, 5) is 10.9. The second kappa shape index (κ2) is 10.1. The van der Waals surface area contributed by atoms with E-state index in [0.717, 1.165) is 7.11 Å². The maximum absolute atomic E-state index is 13.6. The second-order valence-electron chi connectivity index (χ2n) is 3.98. The number of carbonyl (C=O) groups is 1. The van der Waals surface area contributed by atoms with Gasteiger partial charge in [0.2, 0.25) is 0 Å². The number of aliphatic hydroxyl groups excluding tert-OH is 1. The lowest BCUT2D eigenvalue weighted by Crippen LogP contribution is -2.12. The Morgan fingerprint density at radius 2 is 1.32 bits per heavy atom. The average Bonchev–Trinajstić information content (AvgIpc) is 2.50. The van der Waals surface area contributed by atoms with Gasteiger partial charge in [-0.15, -0.1) is 0 Å². The summed E-state index contributed by atoms with van der Waals surface area (Å²) in [5.41, 5.74) is -1.81. The van der Waals surface area contributed by atoms with Gasteiger partial charge in [0.05, 0.1) is 17.7 Å². The van der Waals surface area contributed by atoms with E-state index in [1.807, 2.05) is 0 Å². The molecule has 0 radical (unpaired) electrons. The van der Waals surface area contributed by atoms with Gasteiger partial charge in [0, 0.05) is 20.1 Å². The maximum Gasteiger partial charge on any atom is 0.305 e. The number of methoxy groups -OCH3 is 1. The van der Waals surface area contributed by atoms with Crippen LogP contribution in [-0.2, 0) is 27.5 Å². The van der Waals surface area contributed by atoms with E-state index >= 15 is 0 Å². The molecule has 0 bridgehead atoms. The topological polar surface area (TPSA) is 55.8 Å². The van der Waals surface area contributed by atoms with Crippen LogP contribution in [0.2, 0.25) is 0 Å². The Bertz CT molecular complexity index is 477. The first-order chi connectivity index (χ1) is 10.3. The molecule has 126 valence electrons. The quantitative estimate of drug-likeness (QED) is 0.514. The van der Waals surface area contributed by atoms with Gasteiger partial charge in [-0.25, -0.2) is 17.6 Å². The van der Waals surface area contributed by atoms with Crippen molar-refractivity contribution in [1.82, 2.24) is 0 Å². The number of hydrogen-bond donors (Lipinski definition) is 1. The fourth-order valence-corrected chi connectivity index (χ4v) is 1.38. The van der Waals surface area contributed by atoms with Gasteiger partial charge in [0.1, 0.15) is 6.61 Å². The number of hydrogen-bond acceptors (Lipinski definition) is 4. The summed E-state index contributed by atoms with van der Waals surface area (Å²) in [6.07, 6.45) is -0.0179. The van der Waals surface area contributed by atoms with Crippen molar-refractivity contribution < 1.29 is 36.9 Å². The Kier molecular flexibility index (Phi) is 9.35. The number of halogens is 4. The minimum Gasteiger partial charge on any atom is -0.461 e. The van der Waals surface area contributed by atoms with E-state index in [0.29, 0.717) is 0 Å². The normalized spacial score (nSPS) is 10.0. The highest BCUT2D eigenvalue weighted by Crippen LogP contribution is 2.25. The third-order valence-electron chi connectivity index (χ3n) is 2.40. The van der Waals surface area contributed by atoms with E-state index in [1.54, 1.807) is 6.92 Å². The molecular formula is C14H18F4O4. The van der Waals surface area contributed by atoms with Gasteiger partial charge in [0.25, 0.3) is 0 Å². The predicted octanol–water partition coefficient (Wildman–Crippen LogP) is 2.84. The third kappa shape index (κ3) is 5.27. The van der Waals surface area contributed by atoms with Crippen LogP contribution in [0.1, 0.15) is 31.4 Å². The lowest BCUT2D eigenvalue weighted by Gasteiger charge is -2.11. The molecule has 4 nitrogen and oxygen atoms in total. The van der Waals surface area contributed by atoms with Gasteiger partial charge in [-0.3, -0.25) is 4.79 Å². The zero-order chi connectivity index (χ0) is 17.3. The van der Waals surface area contributed by atoms with Crippen molar-refractivity contribution >= 4 is 5.97 Å². The highest BCUT2D eigenvalue weighted by atomic mass is 19.2. The number of rotatable bonds is 5. The SMILES string of the molecule is CCC(=O)OCc1c(F)c(F)c(COC)c(F)c1F.CCO. The maximum atomic E-state index is 13.6. The Balaban J connectivity index is 0.00000135. The van der Waals surface area contributed by atoms with Crippen molar-refractivity contribution in [3.05, 3.63) is 34.4 Å². The average molecular weight is 326 g/mol. The lowest BCUT2D eigenvalue weighted by atomic mass is 10.1. The molecule has 0 amide bonds. The van der Waals surface area contributed by atoms with Gasteiger partial charge in [-0.2, -0.15) is 0 Å². The molecular weight excluding hydrogens is 308 g/mol. The van der Waals surface area contributed by atoms with Crippen molar-refractivity contribution in [2.45, 2.75) is 33.5 Å². The van der Waals surface area contributed by atoms with Gasteiger partial charge in [-0.1, -0.05) is 6.92 Å². The van der Waals surface area contributed by atoms with Crippen LogP contribution in [0.4, 0.5) is 17.6 Å². The van der Waals surface area contributed by atoms with E-state index in [4.69, 9.17) is 5.11 Å². The van der Waals surface area contributed by atoms with Gasteiger partial charge in [0.15, 0.2) is 23.3 Å². The summed E-state index contributed by atoms with van der Waals surface area (Å²) in [6.45, 7) is 1.92. The monoisotopic (exact) mass is 326 g/mol. The van der Waals surface area contributed by atoms with E-state index in [2.05, 4.69) is 9.47 Å². The van der Waals surface area contributed by atoms with E-state index in [-0.39, 0.29) is 13.0 Å². The molecule has 0 unspecified atom stereocenters. The number of carbonyl (C=O) groups excluding carboxylic acids is 1. The molecule has 1 aromatic rings. The fraction of sp³-hybridized carbons (Fsp3) is 0.500. The Hall–Kier alpha value is -1.67. The van der Waals surface area contributed by atoms with Crippen LogP contribution in [0.5, 0.6) is 0 Å². The summed E-state index contributed by atoms with van der Waals surface area (Å²) < 4.78 is 63.0. The molecule has 0 heterocycles. The van der Waals surface area contributed by atoms with Gasteiger partial charge in [-0.05, 0) is 6.92 Å². The first kappa shape index (κ1) is 20.3. The van der Waals surface area contributed by atoms with E-state index in [1.165, 1.54) is 6.92 Å². The van der Waals surface area contributed by atoms with Gasteiger partial charge >= 0.3 is 5.97 Å². The molecule has 0 aromatic heterocycles. The van der Waals surface area contributed by atoms with E-state index < -0.39 is 53.6 Å². The zero-order valence-electron chi connectivity index (χ0n) is 12.5. The molecule has 1 aromatic carbocycles. The highest BCUT2D eigenvalue weighted by molar-refractivity contribution is 5.68. The summed E-state index contributed by atoms with van der Waals surface area (Å²) in [7, 11) is 1.13. The van der Waals surface area contributed by atoms with Crippen LogP contribution in [0, 0.1) is 23.3 Å². The Morgan fingerprint density at radius 1 is 0.955 bits per heavy atom. The molecule has 0 spiro atoms. The third-order valence-corrected chi connectivity index (χ3v) is 2.40. The highest BCUT2D eigenvalue weighted by Gasteiger charge is 2.25. The summed E-state index contributed by atoms with van der Waals surface area (Å²) in [5, 5.41) is 7.57. The number of aliphatic hydroxyl groups is 1. The molecule has 0 aliphatic heterocycles. The molecule has 0 aliphatic rings. The van der Waals surface area contributed by atoms with Crippen molar-refractivity contribution in [2.75, 3.05) is 13.7 Å². The smallest absolute Gasteiger partial charge is 0.305 e. The van der Waals surface area contributed by atoms with E-state index in [9.17, 15) is 22.4 Å². The predicted molar refractivity (Wildman–Crippen MR) is 69.8 cm³/mol. The molecule has 0 fully saturated rings. The number of ether oxygens (including phenoxy) is 2. The fourth-order valence-electron chi connectivity index (χ4n) is 1.38. The minimum absolute atomic E-state index is 0.0179. The summed E-state index contributed by atoms with van der Waals surface area (Å²) >= 11 is 0. The van der Waals surface area contributed by atoms with Crippen molar-refractivity contribution in [2.24, 2.45) is 0 Å². The van der Waals surface area contributed by atoms with Crippen LogP contribution in [0.25, 0.3) is 0 Å². The van der Waals surface area contributed by atoms with Crippen LogP contribution >= 0.6 is 0 Å². The molecule has 1 N–H and O–H groups in total. The lowest BCUT2D eigenvalue weighted by molar-refractivity contribution is -0.144. The zero-order valence-corrected chi connectivity index (χ0v) is 12.5. The molecule has 1 rings (SSSR count). The van der Waals surface area contributed by atoms with Crippen LogP contribution < -0.4 is 0 Å².